The van der Waals surface area contributed by atoms with Gasteiger partial charge in [0.05, 0.1) is 21.4 Å². The zero-order chi connectivity index (χ0) is 14.3. The van der Waals surface area contributed by atoms with Crippen LogP contribution in [-0.4, -0.2) is 21.4 Å². The lowest BCUT2D eigenvalue weighted by Crippen LogP contribution is -2.59. The average Bonchev–Trinajstić information content (AvgIpc) is 2.58. The zero-order valence-electron chi connectivity index (χ0n) is 11.9. The Morgan fingerprint density at radius 3 is 2.53 bits per heavy atom. The first-order valence-electron chi connectivity index (χ1n) is 6.95. The first-order chi connectivity index (χ1) is 8.57. The minimum Gasteiger partial charge on any atom is -0.368 e. The molecule has 1 nitrogen and oxygen atoms in total. The maximum Gasteiger partial charge on any atom is 0.0884 e. The van der Waals surface area contributed by atoms with E-state index in [9.17, 15) is 0 Å². The van der Waals surface area contributed by atoms with Crippen molar-refractivity contribution in [2.75, 3.05) is 0 Å². The van der Waals surface area contributed by atoms with Gasteiger partial charge in [0.2, 0.25) is 0 Å². The fourth-order valence-corrected chi connectivity index (χ4v) is 6.54. The highest BCUT2D eigenvalue weighted by molar-refractivity contribution is 9.12. The van der Waals surface area contributed by atoms with E-state index in [4.69, 9.17) is 16.3 Å². The van der Waals surface area contributed by atoms with E-state index in [1.807, 2.05) is 0 Å². The standard InChI is InChI=1S/C15H21Br2ClO/c1-12(2)9(16)7-10(17)14(4)15(12)6-5-13(3,18)11(8-15)19-14/h7,10-11H,5-6,8H2,1-4H3. The first-order valence-corrected chi connectivity index (χ1v) is 9.04. The van der Waals surface area contributed by atoms with Crippen LogP contribution in [0.3, 0.4) is 0 Å². The van der Waals surface area contributed by atoms with Gasteiger partial charge in [-0.25, -0.2) is 0 Å². The molecule has 2 aliphatic carbocycles. The van der Waals surface area contributed by atoms with Crippen LogP contribution in [-0.2, 0) is 4.74 Å². The fraction of sp³-hybridized carbons (Fsp3) is 0.867. The second kappa shape index (κ2) is 4.02. The van der Waals surface area contributed by atoms with Crippen LogP contribution in [0.15, 0.2) is 10.6 Å². The molecule has 0 aromatic heterocycles. The summed E-state index contributed by atoms with van der Waals surface area (Å²) in [6, 6.07) is 0. The molecule has 4 heteroatoms. The van der Waals surface area contributed by atoms with E-state index in [1.54, 1.807) is 0 Å². The van der Waals surface area contributed by atoms with Crippen LogP contribution in [0.4, 0.5) is 0 Å². The Balaban J connectivity index is 2.17. The van der Waals surface area contributed by atoms with Crippen LogP contribution in [0.25, 0.3) is 0 Å². The van der Waals surface area contributed by atoms with Gasteiger partial charge in [0.1, 0.15) is 0 Å². The molecule has 108 valence electrons. The highest BCUT2D eigenvalue weighted by atomic mass is 79.9. The van der Waals surface area contributed by atoms with Gasteiger partial charge in [-0.2, -0.15) is 0 Å². The maximum absolute atomic E-state index is 6.70. The van der Waals surface area contributed by atoms with Gasteiger partial charge in [0.25, 0.3) is 0 Å². The topological polar surface area (TPSA) is 9.23 Å². The third-order valence-corrected chi connectivity index (χ3v) is 9.02. The minimum atomic E-state index is -0.221. The number of allylic oxidation sites excluding steroid dienone is 1. The number of alkyl halides is 2. The number of ether oxygens (including phenoxy) is 1. The lowest BCUT2D eigenvalue weighted by molar-refractivity contribution is -0.0977. The molecule has 0 radical (unpaired) electrons. The smallest absolute Gasteiger partial charge is 0.0884 e. The lowest BCUT2D eigenvalue weighted by atomic mass is 9.49. The van der Waals surface area contributed by atoms with Crippen molar-refractivity contribution < 1.29 is 4.74 Å². The van der Waals surface area contributed by atoms with Crippen molar-refractivity contribution in [2.24, 2.45) is 10.8 Å². The zero-order valence-corrected chi connectivity index (χ0v) is 15.8. The van der Waals surface area contributed by atoms with Crippen molar-refractivity contribution in [3.8, 4) is 0 Å². The summed E-state index contributed by atoms with van der Waals surface area (Å²) in [4.78, 5) is 0.0129. The summed E-state index contributed by atoms with van der Waals surface area (Å²) < 4.78 is 7.83. The van der Waals surface area contributed by atoms with Crippen LogP contribution in [0.5, 0.6) is 0 Å². The van der Waals surface area contributed by atoms with Crippen molar-refractivity contribution in [1.82, 2.24) is 0 Å². The Kier molecular flexibility index (Phi) is 3.15. The Bertz CT molecular complexity index is 459. The van der Waals surface area contributed by atoms with Gasteiger partial charge >= 0.3 is 0 Å². The normalized spacial score (nSPS) is 55.6. The quantitative estimate of drug-likeness (QED) is 0.485. The molecule has 0 amide bonds. The van der Waals surface area contributed by atoms with E-state index in [-0.39, 0.29) is 32.2 Å². The van der Waals surface area contributed by atoms with E-state index < -0.39 is 0 Å². The molecule has 1 aliphatic heterocycles. The summed E-state index contributed by atoms with van der Waals surface area (Å²) in [6.45, 7) is 9.08. The summed E-state index contributed by atoms with van der Waals surface area (Å²) in [5.74, 6) is 0. The largest absolute Gasteiger partial charge is 0.368 e. The predicted molar refractivity (Wildman–Crippen MR) is 87.3 cm³/mol. The predicted octanol–water partition coefficient (Wildman–Crippen LogP) is 5.39. The SMILES string of the molecule is CC1(Cl)CCC23CC1OC2(C)C(Br)C=C(Br)C3(C)C. The molecule has 5 unspecified atom stereocenters. The number of hydrogen-bond acceptors (Lipinski definition) is 1. The summed E-state index contributed by atoms with van der Waals surface area (Å²) in [6.07, 6.45) is 5.62. The Morgan fingerprint density at radius 2 is 1.89 bits per heavy atom. The second-order valence-electron chi connectivity index (χ2n) is 7.32. The molecule has 19 heavy (non-hydrogen) atoms. The summed E-state index contributed by atoms with van der Waals surface area (Å²) in [5, 5.41) is 0. The molecule has 1 heterocycles. The van der Waals surface area contributed by atoms with E-state index in [0.29, 0.717) is 0 Å². The Hall–Kier alpha value is 0.950. The number of fused-ring (bicyclic) bond motifs is 1. The van der Waals surface area contributed by atoms with Crippen molar-refractivity contribution >= 4 is 43.5 Å². The molecule has 0 N–H and O–H groups in total. The van der Waals surface area contributed by atoms with Crippen LogP contribution in [0.1, 0.15) is 47.0 Å². The van der Waals surface area contributed by atoms with Gasteiger partial charge in [-0.3, -0.25) is 0 Å². The summed E-state index contributed by atoms with van der Waals surface area (Å²) in [5.41, 5.74) is 0.0695. The van der Waals surface area contributed by atoms with E-state index >= 15 is 0 Å². The molecule has 1 saturated heterocycles. The van der Waals surface area contributed by atoms with E-state index in [1.165, 1.54) is 4.48 Å². The number of hydrogen-bond donors (Lipinski definition) is 0. The lowest BCUT2D eigenvalue weighted by Gasteiger charge is -2.57. The van der Waals surface area contributed by atoms with Gasteiger partial charge in [-0.1, -0.05) is 51.8 Å². The number of halogens is 3. The summed E-state index contributed by atoms with van der Waals surface area (Å²) >= 11 is 14.3. The van der Waals surface area contributed by atoms with Crippen LogP contribution >= 0.6 is 43.5 Å². The van der Waals surface area contributed by atoms with Crippen molar-refractivity contribution in [3.63, 3.8) is 0 Å². The van der Waals surface area contributed by atoms with Gasteiger partial charge in [-0.15, -0.1) is 11.6 Å². The maximum atomic E-state index is 6.70. The van der Waals surface area contributed by atoms with Crippen molar-refractivity contribution in [2.45, 2.75) is 68.4 Å². The molecular formula is C15H21Br2ClO. The van der Waals surface area contributed by atoms with Gasteiger partial charge in [-0.05, 0) is 37.6 Å². The van der Waals surface area contributed by atoms with Crippen LogP contribution < -0.4 is 0 Å². The Labute approximate surface area is 137 Å². The second-order valence-corrected chi connectivity index (χ2v) is 10.0. The fourth-order valence-electron chi connectivity index (χ4n) is 4.52. The molecule has 0 aromatic carbocycles. The number of rotatable bonds is 0. The monoisotopic (exact) mass is 410 g/mol. The van der Waals surface area contributed by atoms with Crippen molar-refractivity contribution in [3.05, 3.63) is 10.6 Å². The summed E-state index contributed by atoms with van der Waals surface area (Å²) in [7, 11) is 0. The molecule has 0 aromatic rings. The third kappa shape index (κ3) is 1.62. The highest BCUT2D eigenvalue weighted by Crippen LogP contribution is 2.71. The van der Waals surface area contributed by atoms with Gasteiger partial charge < -0.3 is 4.74 Å². The van der Waals surface area contributed by atoms with Crippen LogP contribution in [0, 0.1) is 10.8 Å². The van der Waals surface area contributed by atoms with Gasteiger partial charge in [0, 0.05) is 10.8 Å². The van der Waals surface area contributed by atoms with Crippen LogP contribution in [0.2, 0.25) is 0 Å². The van der Waals surface area contributed by atoms with E-state index in [0.717, 1.165) is 19.3 Å². The molecule has 5 atom stereocenters. The van der Waals surface area contributed by atoms with Gasteiger partial charge in [0.15, 0.2) is 0 Å². The Morgan fingerprint density at radius 1 is 1.26 bits per heavy atom. The molecule has 2 fully saturated rings. The molecule has 3 rings (SSSR count). The van der Waals surface area contributed by atoms with E-state index in [2.05, 4.69) is 65.6 Å². The average molecular weight is 413 g/mol. The molecule has 1 spiro atoms. The third-order valence-electron chi connectivity index (χ3n) is 6.20. The molecule has 3 aliphatic rings. The highest BCUT2D eigenvalue weighted by Gasteiger charge is 2.71. The molecule has 2 bridgehead atoms. The van der Waals surface area contributed by atoms with Crippen molar-refractivity contribution in [1.29, 1.82) is 0 Å². The molecule has 1 saturated carbocycles. The molecular weight excluding hydrogens is 391 g/mol. The minimum absolute atomic E-state index is 0.0914. The first kappa shape index (κ1) is 14.9.